The number of hydrogen-bond donors (Lipinski definition) is 0. The molecule has 0 spiro atoms. The first kappa shape index (κ1) is 12.6. The maximum atomic E-state index is 5.91. The van der Waals surface area contributed by atoms with Crippen LogP contribution in [0.3, 0.4) is 0 Å². The third-order valence-electron chi connectivity index (χ3n) is 3.13. The summed E-state index contributed by atoms with van der Waals surface area (Å²) >= 11 is 9.50. The van der Waals surface area contributed by atoms with Crippen molar-refractivity contribution in [1.29, 1.82) is 0 Å². The Morgan fingerprint density at radius 2 is 1.89 bits per heavy atom. The van der Waals surface area contributed by atoms with Gasteiger partial charge in [0.25, 0.3) is 0 Å². The fraction of sp³-hybridized carbons (Fsp3) is 0.143. The Balaban J connectivity index is 2.09. The Morgan fingerprint density at radius 3 is 2.63 bits per heavy atom. The predicted octanol–water partition coefficient (Wildman–Crippen LogP) is 3.98. The molecule has 2 aromatic carbocycles. The Bertz CT molecular complexity index is 734. The molecule has 0 bridgehead atoms. The van der Waals surface area contributed by atoms with Crippen LogP contribution in [0.2, 0.25) is 5.02 Å². The molecule has 0 fully saturated rings. The van der Waals surface area contributed by atoms with Gasteiger partial charge in [-0.15, -0.1) is 5.10 Å². The number of aromatic nitrogens is 3. The van der Waals surface area contributed by atoms with Crippen molar-refractivity contribution in [2.24, 2.45) is 7.05 Å². The summed E-state index contributed by atoms with van der Waals surface area (Å²) in [4.78, 5) is 0. The van der Waals surface area contributed by atoms with Gasteiger partial charge in [-0.05, 0) is 29.8 Å². The highest BCUT2D eigenvalue weighted by molar-refractivity contribution is 9.10. The second kappa shape index (κ2) is 4.94. The van der Waals surface area contributed by atoms with Crippen LogP contribution in [0.25, 0.3) is 11.0 Å². The monoisotopic (exact) mass is 335 g/mol. The molecule has 5 heteroatoms. The average Bonchev–Trinajstić information content (AvgIpc) is 2.77. The zero-order chi connectivity index (χ0) is 13.4. The molecule has 0 saturated carbocycles. The van der Waals surface area contributed by atoms with E-state index in [1.165, 1.54) is 5.56 Å². The van der Waals surface area contributed by atoms with Gasteiger partial charge in [0.1, 0.15) is 5.52 Å². The summed E-state index contributed by atoms with van der Waals surface area (Å²) in [5, 5.41) is 9.08. The molecule has 96 valence electrons. The van der Waals surface area contributed by atoms with Crippen LogP contribution in [0.1, 0.15) is 11.1 Å². The van der Waals surface area contributed by atoms with Gasteiger partial charge in [0.2, 0.25) is 0 Å². The lowest BCUT2D eigenvalue weighted by molar-refractivity contribution is 0.736. The minimum atomic E-state index is 0.750. The van der Waals surface area contributed by atoms with Crippen molar-refractivity contribution in [3.63, 3.8) is 0 Å². The first-order valence-corrected chi connectivity index (χ1v) is 7.03. The van der Waals surface area contributed by atoms with Crippen LogP contribution >= 0.6 is 27.5 Å². The van der Waals surface area contributed by atoms with Crippen LogP contribution in [0.4, 0.5) is 0 Å². The Hall–Kier alpha value is -1.39. The normalized spacial score (nSPS) is 11.1. The van der Waals surface area contributed by atoms with E-state index in [0.29, 0.717) is 0 Å². The SMILES string of the molecule is Cn1nnc2c(Cc3ccc(Cl)cc3)c(Br)ccc21. The highest BCUT2D eigenvalue weighted by Crippen LogP contribution is 2.27. The van der Waals surface area contributed by atoms with E-state index in [2.05, 4.69) is 26.2 Å². The molecule has 1 aromatic heterocycles. The first-order valence-electron chi connectivity index (χ1n) is 5.86. The number of hydrogen-bond acceptors (Lipinski definition) is 2. The number of halogens is 2. The van der Waals surface area contributed by atoms with Gasteiger partial charge < -0.3 is 0 Å². The van der Waals surface area contributed by atoms with Crippen LogP contribution in [0.5, 0.6) is 0 Å². The molecule has 0 amide bonds. The first-order chi connectivity index (χ1) is 9.15. The van der Waals surface area contributed by atoms with Crippen molar-refractivity contribution < 1.29 is 0 Å². The maximum absolute atomic E-state index is 5.91. The number of nitrogens with zero attached hydrogens (tertiary/aromatic N) is 3. The molecule has 3 aromatic rings. The molecule has 0 aliphatic carbocycles. The van der Waals surface area contributed by atoms with Gasteiger partial charge in [-0.2, -0.15) is 0 Å². The number of aryl methyl sites for hydroxylation is 1. The van der Waals surface area contributed by atoms with Gasteiger partial charge in [-0.3, -0.25) is 0 Å². The van der Waals surface area contributed by atoms with Crippen molar-refractivity contribution in [2.75, 3.05) is 0 Å². The largest absolute Gasteiger partial charge is 0.248 e. The Labute approximate surface area is 124 Å². The van der Waals surface area contributed by atoms with Gasteiger partial charge in [0.05, 0.1) is 5.52 Å². The van der Waals surface area contributed by atoms with Crippen LogP contribution in [-0.2, 0) is 13.5 Å². The van der Waals surface area contributed by atoms with Gasteiger partial charge in [0.15, 0.2) is 0 Å². The van der Waals surface area contributed by atoms with E-state index < -0.39 is 0 Å². The summed E-state index contributed by atoms with van der Waals surface area (Å²) in [6, 6.07) is 11.9. The molecular formula is C14H11BrClN3. The van der Waals surface area contributed by atoms with Crippen LogP contribution < -0.4 is 0 Å². The minimum absolute atomic E-state index is 0.750. The summed E-state index contributed by atoms with van der Waals surface area (Å²) in [5.74, 6) is 0. The topological polar surface area (TPSA) is 30.7 Å². The third kappa shape index (κ3) is 2.38. The minimum Gasteiger partial charge on any atom is -0.248 e. The molecule has 0 atom stereocenters. The fourth-order valence-electron chi connectivity index (χ4n) is 2.11. The summed E-state index contributed by atoms with van der Waals surface area (Å²) in [6.45, 7) is 0. The summed E-state index contributed by atoms with van der Waals surface area (Å²) in [5.41, 5.74) is 4.31. The van der Waals surface area contributed by atoms with Crippen molar-refractivity contribution in [3.8, 4) is 0 Å². The zero-order valence-electron chi connectivity index (χ0n) is 10.3. The number of rotatable bonds is 2. The highest BCUT2D eigenvalue weighted by atomic mass is 79.9. The van der Waals surface area contributed by atoms with E-state index in [0.717, 1.165) is 32.5 Å². The maximum Gasteiger partial charge on any atom is 0.117 e. The Kier molecular flexibility index (Phi) is 3.29. The molecule has 0 N–H and O–H groups in total. The number of benzene rings is 2. The molecule has 3 nitrogen and oxygen atoms in total. The van der Waals surface area contributed by atoms with Crippen molar-refractivity contribution in [2.45, 2.75) is 6.42 Å². The summed E-state index contributed by atoms with van der Waals surface area (Å²) in [7, 11) is 1.90. The second-order valence-electron chi connectivity index (χ2n) is 4.41. The lowest BCUT2D eigenvalue weighted by atomic mass is 10.0. The van der Waals surface area contributed by atoms with Crippen molar-refractivity contribution in [3.05, 3.63) is 57.0 Å². The quantitative estimate of drug-likeness (QED) is 0.709. The molecule has 0 unspecified atom stereocenters. The molecular weight excluding hydrogens is 326 g/mol. The van der Waals surface area contributed by atoms with E-state index in [9.17, 15) is 0 Å². The molecule has 0 aliphatic rings. The van der Waals surface area contributed by atoms with Crippen LogP contribution in [-0.4, -0.2) is 15.0 Å². The van der Waals surface area contributed by atoms with E-state index in [1.807, 2.05) is 43.4 Å². The zero-order valence-corrected chi connectivity index (χ0v) is 12.6. The smallest absolute Gasteiger partial charge is 0.117 e. The van der Waals surface area contributed by atoms with Gasteiger partial charge in [-0.1, -0.05) is 44.9 Å². The molecule has 0 radical (unpaired) electrons. The molecule has 19 heavy (non-hydrogen) atoms. The van der Waals surface area contributed by atoms with Crippen LogP contribution in [0.15, 0.2) is 40.9 Å². The lowest BCUT2D eigenvalue weighted by Crippen LogP contribution is -1.93. The third-order valence-corrected chi connectivity index (χ3v) is 4.12. The molecule has 0 aliphatic heterocycles. The Morgan fingerprint density at radius 1 is 1.16 bits per heavy atom. The summed E-state index contributed by atoms with van der Waals surface area (Å²) < 4.78 is 2.84. The standard InChI is InChI=1S/C14H11BrClN3/c1-19-13-7-6-12(15)11(14(13)17-18-19)8-9-2-4-10(16)5-3-9/h2-7H,8H2,1H3. The van der Waals surface area contributed by atoms with Gasteiger partial charge >= 0.3 is 0 Å². The van der Waals surface area contributed by atoms with E-state index in [-0.39, 0.29) is 0 Å². The number of fused-ring (bicyclic) bond motifs is 1. The van der Waals surface area contributed by atoms with Crippen molar-refractivity contribution >= 4 is 38.6 Å². The van der Waals surface area contributed by atoms with E-state index >= 15 is 0 Å². The average molecular weight is 337 g/mol. The van der Waals surface area contributed by atoms with Gasteiger partial charge in [0, 0.05) is 28.5 Å². The van der Waals surface area contributed by atoms with Gasteiger partial charge in [-0.25, -0.2) is 4.68 Å². The van der Waals surface area contributed by atoms with E-state index in [4.69, 9.17) is 11.6 Å². The van der Waals surface area contributed by atoms with Crippen LogP contribution in [0, 0.1) is 0 Å². The predicted molar refractivity (Wildman–Crippen MR) is 80.5 cm³/mol. The summed E-state index contributed by atoms with van der Waals surface area (Å²) in [6.07, 6.45) is 0.799. The molecule has 0 saturated heterocycles. The fourth-order valence-corrected chi connectivity index (χ4v) is 2.69. The lowest BCUT2D eigenvalue weighted by Gasteiger charge is -2.06. The highest BCUT2D eigenvalue weighted by Gasteiger charge is 2.11. The van der Waals surface area contributed by atoms with E-state index in [1.54, 1.807) is 4.68 Å². The molecule has 1 heterocycles. The molecule has 3 rings (SSSR count). The van der Waals surface area contributed by atoms with Crippen molar-refractivity contribution in [1.82, 2.24) is 15.0 Å². The second-order valence-corrected chi connectivity index (χ2v) is 5.70.